The number of nitrogens with zero attached hydrogens (tertiary/aromatic N) is 1. The largest absolute Gasteiger partial charge is 0.341 e. The smallest absolute Gasteiger partial charge is 0.239 e. The van der Waals surface area contributed by atoms with E-state index in [4.69, 9.17) is 5.73 Å². The van der Waals surface area contributed by atoms with Gasteiger partial charge < -0.3 is 10.6 Å². The Morgan fingerprint density at radius 3 is 2.88 bits per heavy atom. The Labute approximate surface area is 109 Å². The lowest BCUT2D eigenvalue weighted by Gasteiger charge is -2.24. The van der Waals surface area contributed by atoms with Gasteiger partial charge in [0.25, 0.3) is 0 Å². The lowest BCUT2D eigenvalue weighted by molar-refractivity contribution is -0.132. The van der Waals surface area contributed by atoms with Gasteiger partial charge in [0.15, 0.2) is 0 Å². The number of amides is 1. The van der Waals surface area contributed by atoms with Gasteiger partial charge in [0, 0.05) is 13.1 Å². The minimum atomic E-state index is -0.291. The number of thioether (sulfide) groups is 1. The van der Waals surface area contributed by atoms with Gasteiger partial charge >= 0.3 is 0 Å². The molecular formula is C13H26N2OS. The fourth-order valence-electron chi connectivity index (χ4n) is 2.40. The van der Waals surface area contributed by atoms with Crippen LogP contribution in [0.2, 0.25) is 0 Å². The summed E-state index contributed by atoms with van der Waals surface area (Å²) < 4.78 is 0. The van der Waals surface area contributed by atoms with Crippen LogP contribution in [0.1, 0.15) is 39.0 Å². The summed E-state index contributed by atoms with van der Waals surface area (Å²) in [7, 11) is 0. The number of likely N-dealkylation sites (tertiary alicyclic amines) is 1. The van der Waals surface area contributed by atoms with Crippen molar-refractivity contribution in [1.82, 2.24) is 4.90 Å². The molecule has 1 fully saturated rings. The molecule has 1 rings (SSSR count). The summed E-state index contributed by atoms with van der Waals surface area (Å²) >= 11 is 1.75. The molecule has 1 saturated heterocycles. The zero-order valence-corrected chi connectivity index (χ0v) is 12.0. The van der Waals surface area contributed by atoms with E-state index in [1.54, 1.807) is 11.8 Å². The molecule has 17 heavy (non-hydrogen) atoms. The van der Waals surface area contributed by atoms with Crippen LogP contribution < -0.4 is 5.73 Å². The molecule has 0 saturated carbocycles. The number of rotatable bonds is 5. The average Bonchev–Trinajstić information content (AvgIpc) is 2.60. The van der Waals surface area contributed by atoms with E-state index in [9.17, 15) is 4.79 Å². The highest BCUT2D eigenvalue weighted by Crippen LogP contribution is 2.20. The van der Waals surface area contributed by atoms with Crippen LogP contribution in [0.15, 0.2) is 0 Å². The van der Waals surface area contributed by atoms with E-state index < -0.39 is 0 Å². The third kappa shape index (κ3) is 4.88. The van der Waals surface area contributed by atoms with E-state index in [-0.39, 0.29) is 11.9 Å². The fraction of sp³-hybridized carbons (Fsp3) is 0.923. The van der Waals surface area contributed by atoms with Crippen molar-refractivity contribution in [2.75, 3.05) is 25.1 Å². The maximum atomic E-state index is 12.1. The minimum Gasteiger partial charge on any atom is -0.341 e. The Kier molecular flexibility index (Phi) is 6.97. The van der Waals surface area contributed by atoms with Gasteiger partial charge in [-0.3, -0.25) is 4.79 Å². The average molecular weight is 258 g/mol. The minimum absolute atomic E-state index is 0.163. The van der Waals surface area contributed by atoms with E-state index in [0.29, 0.717) is 0 Å². The molecule has 3 nitrogen and oxygen atoms in total. The Morgan fingerprint density at radius 1 is 1.47 bits per heavy atom. The molecule has 100 valence electrons. The Morgan fingerprint density at radius 2 is 2.24 bits per heavy atom. The number of nitrogens with two attached hydrogens (primary N) is 1. The van der Waals surface area contributed by atoms with Crippen LogP contribution in [0.5, 0.6) is 0 Å². The fourth-order valence-corrected chi connectivity index (χ4v) is 2.89. The molecule has 0 aliphatic carbocycles. The summed E-state index contributed by atoms with van der Waals surface area (Å²) in [5.41, 5.74) is 5.95. The number of hydrogen-bond donors (Lipinski definition) is 1. The summed E-state index contributed by atoms with van der Waals surface area (Å²) in [4.78, 5) is 14.1. The topological polar surface area (TPSA) is 46.3 Å². The molecule has 0 radical (unpaired) electrons. The van der Waals surface area contributed by atoms with E-state index >= 15 is 0 Å². The Balaban J connectivity index is 2.40. The molecule has 0 aromatic rings. The molecular weight excluding hydrogens is 232 g/mol. The molecule has 1 aliphatic heterocycles. The van der Waals surface area contributed by atoms with Gasteiger partial charge in [0.1, 0.15) is 0 Å². The van der Waals surface area contributed by atoms with E-state index in [1.807, 2.05) is 4.90 Å². The predicted octanol–water partition coefficient (Wildman–Crippen LogP) is 2.11. The monoisotopic (exact) mass is 258 g/mol. The third-order valence-corrected chi connectivity index (χ3v) is 4.33. The lowest BCUT2D eigenvalue weighted by Crippen LogP contribution is -2.44. The summed E-state index contributed by atoms with van der Waals surface area (Å²) in [6.45, 7) is 4.05. The molecule has 0 aromatic heterocycles. The van der Waals surface area contributed by atoms with Crippen LogP contribution in [-0.4, -0.2) is 41.9 Å². The molecule has 1 unspecified atom stereocenters. The van der Waals surface area contributed by atoms with Crippen LogP contribution in [0.4, 0.5) is 0 Å². The normalized spacial score (nSPS) is 23.2. The van der Waals surface area contributed by atoms with Crippen LogP contribution in [0.25, 0.3) is 0 Å². The van der Waals surface area contributed by atoms with Gasteiger partial charge in [-0.15, -0.1) is 0 Å². The molecule has 2 N–H and O–H groups in total. The molecule has 2 atom stereocenters. The molecule has 0 spiro atoms. The van der Waals surface area contributed by atoms with Gasteiger partial charge in [-0.25, -0.2) is 0 Å². The Hall–Kier alpha value is -0.220. The van der Waals surface area contributed by atoms with Crippen molar-refractivity contribution in [2.45, 2.75) is 45.1 Å². The summed E-state index contributed by atoms with van der Waals surface area (Å²) in [6.07, 6.45) is 7.64. The van der Waals surface area contributed by atoms with Crippen molar-refractivity contribution in [3.63, 3.8) is 0 Å². The quantitative estimate of drug-likeness (QED) is 0.821. The first-order valence-corrected chi connectivity index (χ1v) is 8.11. The van der Waals surface area contributed by atoms with Crippen molar-refractivity contribution < 1.29 is 4.79 Å². The van der Waals surface area contributed by atoms with Crippen LogP contribution >= 0.6 is 11.8 Å². The number of carbonyl (C=O) groups is 1. The van der Waals surface area contributed by atoms with Crippen molar-refractivity contribution in [1.29, 1.82) is 0 Å². The van der Waals surface area contributed by atoms with E-state index in [1.165, 1.54) is 12.8 Å². The summed E-state index contributed by atoms with van der Waals surface area (Å²) in [6, 6.07) is -0.291. The highest BCUT2D eigenvalue weighted by atomic mass is 32.2. The van der Waals surface area contributed by atoms with Crippen LogP contribution in [0.3, 0.4) is 0 Å². The van der Waals surface area contributed by atoms with E-state index in [0.717, 1.165) is 44.0 Å². The van der Waals surface area contributed by atoms with Crippen molar-refractivity contribution in [3.05, 3.63) is 0 Å². The summed E-state index contributed by atoms with van der Waals surface area (Å²) in [5, 5.41) is 0. The Bertz CT molecular complexity index is 235. The van der Waals surface area contributed by atoms with Crippen LogP contribution in [0, 0.1) is 5.92 Å². The first kappa shape index (κ1) is 14.8. The predicted molar refractivity (Wildman–Crippen MR) is 75.2 cm³/mol. The molecule has 1 heterocycles. The zero-order chi connectivity index (χ0) is 12.7. The first-order chi connectivity index (χ1) is 8.19. The van der Waals surface area contributed by atoms with Gasteiger partial charge in [-0.2, -0.15) is 11.8 Å². The highest BCUT2D eigenvalue weighted by Gasteiger charge is 2.23. The number of carbonyl (C=O) groups excluding carboxylic acids is 1. The standard InChI is InChI=1S/C13H26N2OS/c1-3-11-5-4-8-15(9-6-11)13(16)12(14)7-10-17-2/h11-12H,3-10,14H2,1-2H3/t11?,12-/m1/s1. The van der Waals surface area contributed by atoms with Crippen molar-refractivity contribution in [2.24, 2.45) is 11.7 Å². The molecule has 4 heteroatoms. The zero-order valence-electron chi connectivity index (χ0n) is 11.2. The third-order valence-electron chi connectivity index (χ3n) is 3.69. The lowest BCUT2D eigenvalue weighted by atomic mass is 9.98. The van der Waals surface area contributed by atoms with Crippen molar-refractivity contribution in [3.8, 4) is 0 Å². The second-order valence-corrected chi connectivity index (χ2v) is 5.90. The highest BCUT2D eigenvalue weighted by molar-refractivity contribution is 7.98. The maximum Gasteiger partial charge on any atom is 0.239 e. The second-order valence-electron chi connectivity index (χ2n) is 4.92. The summed E-state index contributed by atoms with van der Waals surface area (Å²) in [5.74, 6) is 1.93. The molecule has 1 aliphatic rings. The number of hydrogen-bond acceptors (Lipinski definition) is 3. The van der Waals surface area contributed by atoms with Crippen LogP contribution in [-0.2, 0) is 4.79 Å². The molecule has 1 amide bonds. The van der Waals surface area contributed by atoms with Gasteiger partial charge in [0.2, 0.25) is 5.91 Å². The SMILES string of the molecule is CCC1CCCN(C(=O)[C@H](N)CCSC)CC1. The van der Waals surface area contributed by atoms with Gasteiger partial charge in [-0.1, -0.05) is 13.3 Å². The molecule has 0 aromatic carbocycles. The second kappa shape index (κ2) is 7.98. The molecule has 0 bridgehead atoms. The van der Waals surface area contributed by atoms with Crippen molar-refractivity contribution >= 4 is 17.7 Å². The first-order valence-electron chi connectivity index (χ1n) is 6.72. The van der Waals surface area contributed by atoms with E-state index in [2.05, 4.69) is 13.2 Å². The maximum absolute atomic E-state index is 12.1. The van der Waals surface area contributed by atoms with Gasteiger partial charge in [-0.05, 0) is 43.6 Å². The van der Waals surface area contributed by atoms with Gasteiger partial charge in [0.05, 0.1) is 6.04 Å².